The van der Waals surface area contributed by atoms with Crippen molar-refractivity contribution in [1.29, 1.82) is 0 Å². The van der Waals surface area contributed by atoms with Crippen LogP contribution in [0.4, 0.5) is 0 Å². The Bertz CT molecular complexity index is 571. The van der Waals surface area contributed by atoms with E-state index in [1.165, 1.54) is 12.8 Å². The van der Waals surface area contributed by atoms with Crippen LogP contribution in [-0.2, 0) is 16.6 Å². The molecule has 0 amide bonds. The molecular weight excluding hydrogens is 274 g/mol. The number of nitrogens with one attached hydrogen (secondary N) is 1. The topological polar surface area (TPSA) is 77.1 Å². The van der Waals surface area contributed by atoms with Crippen LogP contribution in [-0.4, -0.2) is 19.5 Å². The van der Waals surface area contributed by atoms with Crippen molar-refractivity contribution in [2.45, 2.75) is 56.0 Å². The van der Waals surface area contributed by atoms with Crippen LogP contribution < -0.4 is 10.5 Å². The standard InChI is InChI=1S/C14H23N3O2S/c15-9-13-8-14(10-17(13)12-5-6-12)20(18,19)16-7-1-2-11-3-4-11/h8,10-12,16H,1-7,9,15H2. The van der Waals surface area contributed by atoms with Crippen LogP contribution in [0, 0.1) is 5.92 Å². The van der Waals surface area contributed by atoms with Gasteiger partial charge in [0.25, 0.3) is 0 Å². The van der Waals surface area contributed by atoms with Gasteiger partial charge in [-0.05, 0) is 37.7 Å². The first-order valence-electron chi connectivity index (χ1n) is 7.50. The maximum absolute atomic E-state index is 12.3. The van der Waals surface area contributed by atoms with Crippen LogP contribution in [0.2, 0.25) is 0 Å². The van der Waals surface area contributed by atoms with Gasteiger partial charge in [0.05, 0.1) is 4.90 Å². The van der Waals surface area contributed by atoms with E-state index in [0.717, 1.165) is 37.3 Å². The molecule has 0 bridgehead atoms. The predicted octanol–water partition coefficient (Wildman–Crippen LogP) is 1.75. The number of nitrogens with two attached hydrogens (primary N) is 1. The maximum atomic E-state index is 12.3. The molecule has 2 fully saturated rings. The summed E-state index contributed by atoms with van der Waals surface area (Å²) in [4.78, 5) is 0.358. The first kappa shape index (κ1) is 14.1. The van der Waals surface area contributed by atoms with Crippen LogP contribution in [0.1, 0.15) is 50.3 Å². The Hall–Kier alpha value is -0.850. The summed E-state index contributed by atoms with van der Waals surface area (Å²) < 4.78 is 29.2. The monoisotopic (exact) mass is 297 g/mol. The number of hydrogen-bond donors (Lipinski definition) is 2. The Morgan fingerprint density at radius 3 is 2.65 bits per heavy atom. The number of sulfonamides is 1. The van der Waals surface area contributed by atoms with E-state index in [1.807, 2.05) is 4.57 Å². The van der Waals surface area contributed by atoms with Crippen molar-refractivity contribution in [2.24, 2.45) is 11.7 Å². The van der Waals surface area contributed by atoms with Crippen LogP contribution >= 0.6 is 0 Å². The Morgan fingerprint density at radius 1 is 1.30 bits per heavy atom. The van der Waals surface area contributed by atoms with Crippen molar-refractivity contribution in [3.05, 3.63) is 18.0 Å². The van der Waals surface area contributed by atoms with Crippen molar-refractivity contribution in [2.75, 3.05) is 6.54 Å². The minimum absolute atomic E-state index is 0.358. The number of rotatable bonds is 8. The molecule has 1 aromatic heterocycles. The van der Waals surface area contributed by atoms with Crippen molar-refractivity contribution in [3.8, 4) is 0 Å². The van der Waals surface area contributed by atoms with E-state index in [1.54, 1.807) is 12.3 Å². The van der Waals surface area contributed by atoms with E-state index in [0.29, 0.717) is 24.0 Å². The summed E-state index contributed by atoms with van der Waals surface area (Å²) in [7, 11) is -3.38. The fourth-order valence-corrected chi connectivity index (χ4v) is 3.71. The molecule has 0 saturated heterocycles. The SMILES string of the molecule is NCc1cc(S(=O)(=O)NCCCC2CC2)cn1C1CC1. The zero-order valence-electron chi connectivity index (χ0n) is 11.7. The smallest absolute Gasteiger partial charge is 0.242 e. The molecule has 1 aromatic rings. The lowest BCUT2D eigenvalue weighted by Crippen LogP contribution is -2.24. The van der Waals surface area contributed by atoms with Gasteiger partial charge in [-0.15, -0.1) is 0 Å². The third-order valence-electron chi connectivity index (χ3n) is 4.14. The average molecular weight is 297 g/mol. The highest BCUT2D eigenvalue weighted by atomic mass is 32.2. The van der Waals surface area contributed by atoms with E-state index in [4.69, 9.17) is 5.73 Å². The molecule has 0 atom stereocenters. The highest BCUT2D eigenvalue weighted by Gasteiger charge is 2.28. The van der Waals surface area contributed by atoms with Crippen LogP contribution in [0.3, 0.4) is 0 Å². The second kappa shape index (κ2) is 5.50. The Labute approximate surface area is 120 Å². The summed E-state index contributed by atoms with van der Waals surface area (Å²) in [5.41, 5.74) is 6.61. The van der Waals surface area contributed by atoms with E-state index >= 15 is 0 Å². The minimum Gasteiger partial charge on any atom is -0.346 e. The predicted molar refractivity (Wildman–Crippen MR) is 77.7 cm³/mol. The molecule has 2 aliphatic carbocycles. The first-order chi connectivity index (χ1) is 9.60. The Kier molecular flexibility index (Phi) is 3.88. The number of hydrogen-bond acceptors (Lipinski definition) is 3. The molecule has 0 unspecified atom stereocenters. The second-order valence-corrected chi connectivity index (χ2v) is 7.76. The van der Waals surface area contributed by atoms with E-state index in [2.05, 4.69) is 4.72 Å². The highest BCUT2D eigenvalue weighted by Crippen LogP contribution is 2.37. The highest BCUT2D eigenvalue weighted by molar-refractivity contribution is 7.89. The normalized spacial score (nSPS) is 19.4. The number of nitrogens with zero attached hydrogens (tertiary/aromatic N) is 1. The summed E-state index contributed by atoms with van der Waals surface area (Å²) >= 11 is 0. The summed E-state index contributed by atoms with van der Waals surface area (Å²) in [5, 5.41) is 0. The van der Waals surface area contributed by atoms with Gasteiger partial charge >= 0.3 is 0 Å². The molecular formula is C14H23N3O2S. The van der Waals surface area contributed by atoms with Gasteiger partial charge in [-0.25, -0.2) is 13.1 Å². The van der Waals surface area contributed by atoms with E-state index < -0.39 is 10.0 Å². The van der Waals surface area contributed by atoms with Crippen molar-refractivity contribution in [3.63, 3.8) is 0 Å². The van der Waals surface area contributed by atoms with Gasteiger partial charge in [0, 0.05) is 31.0 Å². The molecule has 6 heteroatoms. The Balaban J connectivity index is 1.63. The van der Waals surface area contributed by atoms with Gasteiger partial charge in [0.1, 0.15) is 0 Å². The lowest BCUT2D eigenvalue weighted by molar-refractivity contribution is 0.572. The second-order valence-electron chi connectivity index (χ2n) is 5.99. The van der Waals surface area contributed by atoms with Gasteiger partial charge in [0.2, 0.25) is 10.0 Å². The molecule has 5 nitrogen and oxygen atoms in total. The lowest BCUT2D eigenvalue weighted by Gasteiger charge is -2.05. The molecule has 1 heterocycles. The molecule has 2 saturated carbocycles. The fraction of sp³-hybridized carbons (Fsp3) is 0.714. The summed E-state index contributed by atoms with van der Waals surface area (Å²) in [6.45, 7) is 0.916. The third-order valence-corrected chi connectivity index (χ3v) is 5.57. The van der Waals surface area contributed by atoms with Crippen LogP contribution in [0.25, 0.3) is 0 Å². The van der Waals surface area contributed by atoms with Gasteiger partial charge in [-0.3, -0.25) is 0 Å². The van der Waals surface area contributed by atoms with Gasteiger partial charge in [-0.1, -0.05) is 12.8 Å². The molecule has 112 valence electrons. The molecule has 0 aliphatic heterocycles. The van der Waals surface area contributed by atoms with Crippen molar-refractivity contribution in [1.82, 2.24) is 9.29 Å². The molecule has 0 radical (unpaired) electrons. The minimum atomic E-state index is -3.38. The van der Waals surface area contributed by atoms with Crippen molar-refractivity contribution < 1.29 is 8.42 Å². The van der Waals surface area contributed by atoms with Crippen LogP contribution in [0.15, 0.2) is 17.2 Å². The maximum Gasteiger partial charge on any atom is 0.242 e. The van der Waals surface area contributed by atoms with Crippen LogP contribution in [0.5, 0.6) is 0 Å². The zero-order valence-corrected chi connectivity index (χ0v) is 12.5. The average Bonchev–Trinajstić information content (AvgIpc) is 3.33. The molecule has 20 heavy (non-hydrogen) atoms. The fourth-order valence-electron chi connectivity index (χ4n) is 2.59. The summed E-state index contributed by atoms with van der Waals surface area (Å²) in [6, 6.07) is 2.16. The van der Waals surface area contributed by atoms with Gasteiger partial charge in [-0.2, -0.15) is 0 Å². The van der Waals surface area contributed by atoms with Crippen molar-refractivity contribution >= 4 is 10.0 Å². The third kappa shape index (κ3) is 3.24. The summed E-state index contributed by atoms with van der Waals surface area (Å²) in [5.74, 6) is 0.847. The lowest BCUT2D eigenvalue weighted by atomic mass is 10.2. The molecule has 3 N–H and O–H groups in total. The molecule has 0 spiro atoms. The number of aromatic nitrogens is 1. The van der Waals surface area contributed by atoms with E-state index in [9.17, 15) is 8.42 Å². The first-order valence-corrected chi connectivity index (χ1v) is 8.99. The molecule has 3 rings (SSSR count). The van der Waals surface area contributed by atoms with E-state index in [-0.39, 0.29) is 0 Å². The molecule has 0 aromatic carbocycles. The Morgan fingerprint density at radius 2 is 2.05 bits per heavy atom. The van der Waals surface area contributed by atoms with Gasteiger partial charge < -0.3 is 10.3 Å². The quantitative estimate of drug-likeness (QED) is 0.718. The largest absolute Gasteiger partial charge is 0.346 e. The zero-order chi connectivity index (χ0) is 14.2. The molecule has 2 aliphatic rings. The summed E-state index contributed by atoms with van der Waals surface area (Å²) in [6.07, 6.45) is 8.68. The van der Waals surface area contributed by atoms with Gasteiger partial charge in [0.15, 0.2) is 0 Å².